The van der Waals surface area contributed by atoms with E-state index in [0.717, 1.165) is 0 Å². The number of amides is 1. The van der Waals surface area contributed by atoms with Crippen LogP contribution in [0.5, 0.6) is 0 Å². The Morgan fingerprint density at radius 1 is 1.20 bits per heavy atom. The largest absolute Gasteiger partial charge is 0.465 e. The highest BCUT2D eigenvalue weighted by molar-refractivity contribution is 6.04. The molecule has 0 saturated carbocycles. The van der Waals surface area contributed by atoms with E-state index in [-0.39, 0.29) is 16.9 Å². The molecule has 0 atom stereocenters. The number of carbonyl (C=O) groups is 2. The van der Waals surface area contributed by atoms with Gasteiger partial charge in [-0.2, -0.15) is 5.10 Å². The molecule has 0 saturated heterocycles. The predicted molar refractivity (Wildman–Crippen MR) is 87.1 cm³/mol. The van der Waals surface area contributed by atoms with Gasteiger partial charge in [0.15, 0.2) is 0 Å². The number of para-hydroxylation sites is 1. The standard InChI is InChI=1S/C17H13FN4O3/c1-25-17(24)11-6-7-13(19-10-11)16(23)21-15-12(18)4-2-5-14(15)22-9-3-8-20-22/h2-10H,1H3,(H,21,23). The van der Waals surface area contributed by atoms with Crippen molar-refractivity contribution in [3.8, 4) is 5.69 Å². The lowest BCUT2D eigenvalue weighted by Crippen LogP contribution is -2.17. The van der Waals surface area contributed by atoms with Crippen LogP contribution in [0.3, 0.4) is 0 Å². The minimum Gasteiger partial charge on any atom is -0.465 e. The van der Waals surface area contributed by atoms with E-state index in [1.807, 2.05) is 0 Å². The lowest BCUT2D eigenvalue weighted by molar-refractivity contribution is 0.0600. The van der Waals surface area contributed by atoms with Gasteiger partial charge in [-0.15, -0.1) is 0 Å². The van der Waals surface area contributed by atoms with Gasteiger partial charge in [-0.1, -0.05) is 6.07 Å². The number of methoxy groups -OCH3 is 1. The molecule has 25 heavy (non-hydrogen) atoms. The second kappa shape index (κ2) is 6.91. The van der Waals surface area contributed by atoms with Crippen molar-refractivity contribution in [3.05, 3.63) is 72.1 Å². The summed E-state index contributed by atoms with van der Waals surface area (Å²) in [5, 5.41) is 6.53. The van der Waals surface area contributed by atoms with Gasteiger partial charge in [0.1, 0.15) is 17.2 Å². The number of pyridine rings is 1. The van der Waals surface area contributed by atoms with E-state index in [0.29, 0.717) is 5.69 Å². The lowest BCUT2D eigenvalue weighted by Gasteiger charge is -2.12. The van der Waals surface area contributed by atoms with Crippen molar-refractivity contribution in [1.82, 2.24) is 14.8 Å². The van der Waals surface area contributed by atoms with Crippen LogP contribution < -0.4 is 5.32 Å². The summed E-state index contributed by atoms with van der Waals surface area (Å²) in [5.74, 6) is -1.78. The van der Waals surface area contributed by atoms with E-state index in [4.69, 9.17) is 0 Å². The summed E-state index contributed by atoms with van der Waals surface area (Å²) < 4.78 is 20.2. The number of hydrogen-bond donors (Lipinski definition) is 1. The van der Waals surface area contributed by atoms with Crippen LogP contribution in [-0.2, 0) is 4.74 Å². The number of halogens is 1. The number of esters is 1. The van der Waals surface area contributed by atoms with Gasteiger partial charge < -0.3 is 10.1 Å². The van der Waals surface area contributed by atoms with Crippen molar-refractivity contribution >= 4 is 17.6 Å². The van der Waals surface area contributed by atoms with Gasteiger partial charge in [-0.3, -0.25) is 9.78 Å². The number of aromatic nitrogens is 3. The summed E-state index contributed by atoms with van der Waals surface area (Å²) in [6.45, 7) is 0. The van der Waals surface area contributed by atoms with E-state index in [1.165, 1.54) is 42.3 Å². The van der Waals surface area contributed by atoms with Crippen LogP contribution in [0, 0.1) is 5.82 Å². The maximum absolute atomic E-state index is 14.2. The highest BCUT2D eigenvalue weighted by Gasteiger charge is 2.16. The second-order valence-electron chi connectivity index (χ2n) is 4.96. The normalized spacial score (nSPS) is 10.3. The highest BCUT2D eigenvalue weighted by Crippen LogP contribution is 2.23. The summed E-state index contributed by atoms with van der Waals surface area (Å²) in [4.78, 5) is 27.6. The molecule has 0 spiro atoms. The molecule has 0 radical (unpaired) electrons. The van der Waals surface area contributed by atoms with Gasteiger partial charge in [-0.25, -0.2) is 13.9 Å². The molecule has 1 aromatic carbocycles. The summed E-state index contributed by atoms with van der Waals surface area (Å²) in [7, 11) is 1.25. The van der Waals surface area contributed by atoms with Crippen LogP contribution in [0.2, 0.25) is 0 Å². The summed E-state index contributed by atoms with van der Waals surface area (Å²) >= 11 is 0. The summed E-state index contributed by atoms with van der Waals surface area (Å²) in [5.41, 5.74) is 0.601. The Bertz CT molecular complexity index is 908. The fraction of sp³-hybridized carbons (Fsp3) is 0.0588. The van der Waals surface area contributed by atoms with Gasteiger partial charge in [0.05, 0.1) is 18.4 Å². The predicted octanol–water partition coefficient (Wildman–Crippen LogP) is 2.45. The molecule has 3 aromatic rings. The maximum atomic E-state index is 14.2. The topological polar surface area (TPSA) is 86.1 Å². The average Bonchev–Trinajstić information content (AvgIpc) is 3.17. The summed E-state index contributed by atoms with van der Waals surface area (Å²) in [6.07, 6.45) is 4.40. The number of benzene rings is 1. The molecule has 0 fully saturated rings. The second-order valence-corrected chi connectivity index (χ2v) is 4.96. The van der Waals surface area contributed by atoms with E-state index in [1.54, 1.807) is 24.5 Å². The zero-order valence-corrected chi connectivity index (χ0v) is 13.1. The Morgan fingerprint density at radius 3 is 2.68 bits per heavy atom. The first-order valence-corrected chi connectivity index (χ1v) is 7.24. The van der Waals surface area contributed by atoms with Crippen LogP contribution in [-0.4, -0.2) is 33.8 Å². The number of hydrogen-bond acceptors (Lipinski definition) is 5. The number of rotatable bonds is 4. The number of anilines is 1. The molecule has 0 aliphatic rings. The van der Waals surface area contributed by atoms with Gasteiger partial charge >= 0.3 is 5.97 Å². The molecule has 2 aromatic heterocycles. The van der Waals surface area contributed by atoms with Gasteiger partial charge in [0.25, 0.3) is 5.91 Å². The Labute approximate surface area is 142 Å². The van der Waals surface area contributed by atoms with Crippen molar-refractivity contribution in [2.24, 2.45) is 0 Å². The van der Waals surface area contributed by atoms with Crippen molar-refractivity contribution in [2.75, 3.05) is 12.4 Å². The summed E-state index contributed by atoms with van der Waals surface area (Å²) in [6, 6.07) is 8.82. The first kappa shape index (κ1) is 16.3. The Morgan fingerprint density at radius 2 is 2.04 bits per heavy atom. The molecule has 126 valence electrons. The Kier molecular flexibility index (Phi) is 4.51. The maximum Gasteiger partial charge on any atom is 0.339 e. The Hall–Kier alpha value is -3.55. The molecule has 8 heteroatoms. The molecule has 1 amide bonds. The molecule has 0 unspecified atom stereocenters. The highest BCUT2D eigenvalue weighted by atomic mass is 19.1. The van der Waals surface area contributed by atoms with E-state index < -0.39 is 17.7 Å². The fourth-order valence-corrected chi connectivity index (χ4v) is 2.18. The van der Waals surface area contributed by atoms with E-state index in [9.17, 15) is 14.0 Å². The minimum absolute atomic E-state index is 0.0185. The van der Waals surface area contributed by atoms with Gasteiger partial charge in [0.2, 0.25) is 0 Å². The van der Waals surface area contributed by atoms with Crippen molar-refractivity contribution in [2.45, 2.75) is 0 Å². The van der Waals surface area contributed by atoms with Crippen LogP contribution in [0.4, 0.5) is 10.1 Å². The average molecular weight is 340 g/mol. The number of nitrogens with zero attached hydrogens (tertiary/aromatic N) is 3. The molecule has 3 rings (SSSR count). The first-order chi connectivity index (χ1) is 12.1. The number of carbonyl (C=O) groups excluding carboxylic acids is 2. The zero-order valence-electron chi connectivity index (χ0n) is 13.1. The van der Waals surface area contributed by atoms with E-state index >= 15 is 0 Å². The van der Waals surface area contributed by atoms with E-state index in [2.05, 4.69) is 20.1 Å². The molecular formula is C17H13FN4O3. The molecule has 1 N–H and O–H groups in total. The lowest BCUT2D eigenvalue weighted by atomic mass is 10.2. The number of ether oxygens (including phenoxy) is 1. The molecule has 7 nitrogen and oxygen atoms in total. The smallest absolute Gasteiger partial charge is 0.339 e. The van der Waals surface area contributed by atoms with Crippen molar-refractivity contribution in [1.29, 1.82) is 0 Å². The fourth-order valence-electron chi connectivity index (χ4n) is 2.18. The third kappa shape index (κ3) is 3.37. The number of nitrogens with one attached hydrogen (secondary N) is 1. The molecule has 0 aliphatic carbocycles. The van der Waals surface area contributed by atoms with Crippen molar-refractivity contribution in [3.63, 3.8) is 0 Å². The molecular weight excluding hydrogens is 327 g/mol. The van der Waals surface area contributed by atoms with Crippen LogP contribution in [0.15, 0.2) is 55.0 Å². The van der Waals surface area contributed by atoms with Crippen LogP contribution in [0.1, 0.15) is 20.8 Å². The minimum atomic E-state index is -0.616. The third-order valence-electron chi connectivity index (χ3n) is 3.40. The quantitative estimate of drug-likeness (QED) is 0.737. The van der Waals surface area contributed by atoms with Gasteiger partial charge in [-0.05, 0) is 30.3 Å². The SMILES string of the molecule is COC(=O)c1ccc(C(=O)Nc2c(F)cccc2-n2cccn2)nc1. The monoisotopic (exact) mass is 340 g/mol. The molecule has 0 bridgehead atoms. The third-order valence-corrected chi connectivity index (χ3v) is 3.40. The molecule has 0 aliphatic heterocycles. The first-order valence-electron chi connectivity index (χ1n) is 7.24. The van der Waals surface area contributed by atoms with Crippen LogP contribution >= 0.6 is 0 Å². The zero-order chi connectivity index (χ0) is 17.8. The Balaban J connectivity index is 1.88. The van der Waals surface area contributed by atoms with Gasteiger partial charge in [0, 0.05) is 18.6 Å². The molecule has 2 heterocycles. The van der Waals surface area contributed by atoms with Crippen molar-refractivity contribution < 1.29 is 18.7 Å². The van der Waals surface area contributed by atoms with Crippen LogP contribution in [0.25, 0.3) is 5.69 Å².